The lowest BCUT2D eigenvalue weighted by Gasteiger charge is -2.06. The van der Waals surface area contributed by atoms with Crippen LogP contribution < -0.4 is 5.32 Å². The van der Waals surface area contributed by atoms with E-state index in [4.69, 9.17) is 0 Å². The fourth-order valence-corrected chi connectivity index (χ4v) is 1.12. The molecule has 1 rings (SSSR count). The Labute approximate surface area is 83.1 Å². The number of amides is 1. The first-order valence-electron chi connectivity index (χ1n) is 4.51. The van der Waals surface area contributed by atoms with Crippen molar-refractivity contribution in [3.8, 4) is 0 Å². The molecular formula is C11H13NO2. The number of carbonyl (C=O) groups excluding carboxylic acids is 2. The maximum atomic E-state index is 11.3. The van der Waals surface area contributed by atoms with E-state index < -0.39 is 6.04 Å². The van der Waals surface area contributed by atoms with Crippen LogP contribution in [0.2, 0.25) is 0 Å². The van der Waals surface area contributed by atoms with E-state index in [0.717, 1.165) is 5.56 Å². The van der Waals surface area contributed by atoms with Crippen LogP contribution in [0.15, 0.2) is 30.3 Å². The van der Waals surface area contributed by atoms with Crippen LogP contribution in [-0.4, -0.2) is 18.2 Å². The van der Waals surface area contributed by atoms with Crippen molar-refractivity contribution >= 4 is 12.2 Å². The number of nitrogens with one attached hydrogen (secondary N) is 1. The Balaban J connectivity index is 2.46. The first kappa shape index (κ1) is 10.4. The van der Waals surface area contributed by atoms with Gasteiger partial charge in [-0.05, 0) is 12.5 Å². The van der Waals surface area contributed by atoms with Crippen molar-refractivity contribution in [2.45, 2.75) is 19.4 Å². The molecule has 0 bridgehead atoms. The molecule has 0 aliphatic heterocycles. The van der Waals surface area contributed by atoms with Gasteiger partial charge in [0, 0.05) is 0 Å². The van der Waals surface area contributed by atoms with E-state index in [9.17, 15) is 9.59 Å². The maximum Gasteiger partial charge on any atom is 0.224 e. The van der Waals surface area contributed by atoms with Gasteiger partial charge < -0.3 is 10.1 Å². The lowest BCUT2D eigenvalue weighted by atomic mass is 10.1. The third-order valence-corrected chi connectivity index (χ3v) is 1.80. The second-order valence-corrected chi connectivity index (χ2v) is 3.15. The highest BCUT2D eigenvalue weighted by Gasteiger charge is 2.05. The van der Waals surface area contributed by atoms with Crippen molar-refractivity contribution in [1.29, 1.82) is 0 Å². The second kappa shape index (κ2) is 5.17. The van der Waals surface area contributed by atoms with Gasteiger partial charge in [0.1, 0.15) is 6.29 Å². The minimum Gasteiger partial charge on any atom is -0.347 e. The predicted molar refractivity (Wildman–Crippen MR) is 53.8 cm³/mol. The van der Waals surface area contributed by atoms with Crippen LogP contribution in [0.1, 0.15) is 12.5 Å². The Morgan fingerprint density at radius 3 is 2.64 bits per heavy atom. The summed E-state index contributed by atoms with van der Waals surface area (Å²) in [5, 5.41) is 2.57. The van der Waals surface area contributed by atoms with E-state index in [1.54, 1.807) is 6.92 Å². The van der Waals surface area contributed by atoms with Crippen LogP contribution in [-0.2, 0) is 16.0 Å². The van der Waals surface area contributed by atoms with Gasteiger partial charge in [0.2, 0.25) is 5.91 Å². The minimum atomic E-state index is -0.411. The SMILES string of the molecule is C[C@@H](C=O)NC(=O)Cc1ccccc1. The maximum absolute atomic E-state index is 11.3. The molecule has 0 saturated heterocycles. The topological polar surface area (TPSA) is 46.2 Å². The molecule has 0 aliphatic rings. The Morgan fingerprint density at radius 1 is 1.43 bits per heavy atom. The number of rotatable bonds is 4. The molecule has 0 aromatic heterocycles. The van der Waals surface area contributed by atoms with Crippen LogP contribution in [0.5, 0.6) is 0 Å². The van der Waals surface area contributed by atoms with Gasteiger partial charge in [0.05, 0.1) is 12.5 Å². The summed E-state index contributed by atoms with van der Waals surface area (Å²) in [7, 11) is 0. The predicted octanol–water partition coefficient (Wildman–Crippen LogP) is 0.933. The van der Waals surface area contributed by atoms with Gasteiger partial charge in [0.25, 0.3) is 0 Å². The van der Waals surface area contributed by atoms with Crippen LogP contribution in [0.4, 0.5) is 0 Å². The minimum absolute atomic E-state index is 0.129. The van der Waals surface area contributed by atoms with E-state index in [0.29, 0.717) is 12.7 Å². The fourth-order valence-electron chi connectivity index (χ4n) is 1.12. The molecule has 3 nitrogen and oxygen atoms in total. The zero-order valence-corrected chi connectivity index (χ0v) is 8.07. The van der Waals surface area contributed by atoms with Crippen molar-refractivity contribution in [2.24, 2.45) is 0 Å². The molecule has 0 aliphatic carbocycles. The summed E-state index contributed by atoms with van der Waals surface area (Å²) in [5.41, 5.74) is 0.947. The number of carbonyl (C=O) groups is 2. The fraction of sp³-hybridized carbons (Fsp3) is 0.273. The Bertz CT molecular complexity index is 308. The summed E-state index contributed by atoms with van der Waals surface area (Å²) in [6, 6.07) is 9.01. The van der Waals surface area contributed by atoms with Crippen molar-refractivity contribution in [2.75, 3.05) is 0 Å². The average molecular weight is 191 g/mol. The first-order valence-corrected chi connectivity index (χ1v) is 4.51. The lowest BCUT2D eigenvalue weighted by molar-refractivity contribution is -0.123. The highest BCUT2D eigenvalue weighted by Crippen LogP contribution is 1.99. The van der Waals surface area contributed by atoms with E-state index in [2.05, 4.69) is 5.32 Å². The van der Waals surface area contributed by atoms with Gasteiger partial charge in [-0.25, -0.2) is 0 Å². The standard InChI is InChI=1S/C11H13NO2/c1-9(8-13)12-11(14)7-10-5-3-2-4-6-10/h2-6,8-9H,7H2,1H3,(H,12,14)/t9-/m0/s1. The molecule has 14 heavy (non-hydrogen) atoms. The van der Waals surface area contributed by atoms with Gasteiger partial charge in [-0.15, -0.1) is 0 Å². The molecule has 0 spiro atoms. The number of benzene rings is 1. The van der Waals surface area contributed by atoms with E-state index in [-0.39, 0.29) is 5.91 Å². The van der Waals surface area contributed by atoms with E-state index >= 15 is 0 Å². The summed E-state index contributed by atoms with van der Waals surface area (Å²) in [6.45, 7) is 1.65. The molecule has 0 saturated carbocycles. The average Bonchev–Trinajstić information content (AvgIpc) is 2.19. The van der Waals surface area contributed by atoms with Crippen molar-refractivity contribution in [3.05, 3.63) is 35.9 Å². The van der Waals surface area contributed by atoms with Crippen molar-refractivity contribution < 1.29 is 9.59 Å². The number of hydrogen-bond acceptors (Lipinski definition) is 2. The van der Waals surface area contributed by atoms with Gasteiger partial charge in [0.15, 0.2) is 0 Å². The number of aldehydes is 1. The molecule has 1 aromatic rings. The first-order chi connectivity index (χ1) is 6.72. The third-order valence-electron chi connectivity index (χ3n) is 1.80. The molecular weight excluding hydrogens is 178 g/mol. The zero-order chi connectivity index (χ0) is 10.4. The van der Waals surface area contributed by atoms with E-state index in [1.165, 1.54) is 0 Å². The summed E-state index contributed by atoms with van der Waals surface area (Å²) < 4.78 is 0. The van der Waals surface area contributed by atoms with Gasteiger partial charge in [-0.2, -0.15) is 0 Å². The summed E-state index contributed by atoms with van der Waals surface area (Å²) in [5.74, 6) is -0.129. The largest absolute Gasteiger partial charge is 0.347 e. The molecule has 1 amide bonds. The monoisotopic (exact) mass is 191 g/mol. The van der Waals surface area contributed by atoms with Gasteiger partial charge in [-0.3, -0.25) is 4.79 Å². The Kier molecular flexibility index (Phi) is 3.85. The van der Waals surface area contributed by atoms with Crippen LogP contribution >= 0.6 is 0 Å². The van der Waals surface area contributed by atoms with E-state index in [1.807, 2.05) is 30.3 Å². The van der Waals surface area contributed by atoms with Crippen LogP contribution in [0, 0.1) is 0 Å². The molecule has 0 unspecified atom stereocenters. The van der Waals surface area contributed by atoms with Gasteiger partial charge in [-0.1, -0.05) is 30.3 Å². The number of hydrogen-bond donors (Lipinski definition) is 1. The van der Waals surface area contributed by atoms with Crippen LogP contribution in [0.3, 0.4) is 0 Å². The zero-order valence-electron chi connectivity index (χ0n) is 8.07. The Hall–Kier alpha value is -1.64. The molecule has 74 valence electrons. The normalized spacial score (nSPS) is 11.8. The highest BCUT2D eigenvalue weighted by atomic mass is 16.2. The Morgan fingerprint density at radius 2 is 2.07 bits per heavy atom. The quantitative estimate of drug-likeness (QED) is 0.720. The van der Waals surface area contributed by atoms with Crippen molar-refractivity contribution in [3.63, 3.8) is 0 Å². The van der Waals surface area contributed by atoms with Crippen LogP contribution in [0.25, 0.3) is 0 Å². The summed E-state index contributed by atoms with van der Waals surface area (Å²) in [4.78, 5) is 21.6. The van der Waals surface area contributed by atoms with Crippen molar-refractivity contribution in [1.82, 2.24) is 5.32 Å². The summed E-state index contributed by atoms with van der Waals surface area (Å²) in [6.07, 6.45) is 1.03. The summed E-state index contributed by atoms with van der Waals surface area (Å²) >= 11 is 0. The molecule has 0 heterocycles. The smallest absolute Gasteiger partial charge is 0.224 e. The van der Waals surface area contributed by atoms with Gasteiger partial charge >= 0.3 is 0 Å². The second-order valence-electron chi connectivity index (χ2n) is 3.15. The molecule has 1 N–H and O–H groups in total. The molecule has 1 atom stereocenters. The molecule has 1 aromatic carbocycles. The highest BCUT2D eigenvalue weighted by molar-refractivity contribution is 5.81. The lowest BCUT2D eigenvalue weighted by Crippen LogP contribution is -2.34. The molecule has 0 radical (unpaired) electrons. The molecule has 0 fully saturated rings. The molecule has 3 heteroatoms. The third kappa shape index (κ3) is 3.39.